The van der Waals surface area contributed by atoms with Crippen molar-refractivity contribution in [1.82, 2.24) is 4.90 Å². The number of carbonyl (C=O) groups is 1. The van der Waals surface area contributed by atoms with Crippen LogP contribution < -0.4 is 0 Å². The number of ether oxygens (including phenoxy) is 1. The number of morpholine rings is 1. The maximum absolute atomic E-state index is 12.0. The number of hydrogen-bond acceptors (Lipinski definition) is 2. The second kappa shape index (κ2) is 8.51. The van der Waals surface area contributed by atoms with Gasteiger partial charge in [0.05, 0.1) is 19.3 Å². The molecule has 0 aromatic carbocycles. The van der Waals surface area contributed by atoms with Crippen LogP contribution in [-0.2, 0) is 9.53 Å². The molecule has 0 radical (unpaired) electrons. The van der Waals surface area contributed by atoms with Crippen LogP contribution in [0.4, 0.5) is 0 Å². The summed E-state index contributed by atoms with van der Waals surface area (Å²) in [4.78, 5) is 13.9. The van der Waals surface area contributed by atoms with Gasteiger partial charge in [0.15, 0.2) is 0 Å². The highest BCUT2D eigenvalue weighted by Crippen LogP contribution is 2.12. The number of rotatable bonds is 7. The fourth-order valence-corrected chi connectivity index (χ4v) is 2.30. The third kappa shape index (κ3) is 5.53. The summed E-state index contributed by atoms with van der Waals surface area (Å²) in [6.45, 7) is 6.46. The van der Waals surface area contributed by atoms with E-state index < -0.39 is 0 Å². The molecule has 100 valence electrons. The smallest absolute Gasteiger partial charge is 0.222 e. The lowest BCUT2D eigenvalue weighted by molar-refractivity contribution is -0.139. The summed E-state index contributed by atoms with van der Waals surface area (Å²) in [5.41, 5.74) is 0. The number of unbranched alkanes of at least 4 members (excludes halogenated alkanes) is 5. The van der Waals surface area contributed by atoms with Crippen LogP contribution in [0.3, 0.4) is 0 Å². The van der Waals surface area contributed by atoms with Crippen LogP contribution in [0.5, 0.6) is 0 Å². The van der Waals surface area contributed by atoms with E-state index in [2.05, 4.69) is 13.8 Å². The van der Waals surface area contributed by atoms with E-state index in [1.807, 2.05) is 4.90 Å². The van der Waals surface area contributed by atoms with Gasteiger partial charge < -0.3 is 9.64 Å². The summed E-state index contributed by atoms with van der Waals surface area (Å²) in [6.07, 6.45) is 8.17. The Balaban J connectivity index is 2.07. The van der Waals surface area contributed by atoms with Gasteiger partial charge in [-0.15, -0.1) is 0 Å². The lowest BCUT2D eigenvalue weighted by atomic mass is 10.1. The molecule has 3 nitrogen and oxygen atoms in total. The molecule has 1 amide bonds. The molecule has 0 aromatic heterocycles. The van der Waals surface area contributed by atoms with Crippen LogP contribution in [-0.4, -0.2) is 36.6 Å². The van der Waals surface area contributed by atoms with Gasteiger partial charge in [-0.25, -0.2) is 0 Å². The van der Waals surface area contributed by atoms with Crippen molar-refractivity contribution in [1.29, 1.82) is 0 Å². The second-order valence-corrected chi connectivity index (χ2v) is 5.03. The first-order valence-corrected chi connectivity index (χ1v) is 7.13. The van der Waals surface area contributed by atoms with E-state index in [-0.39, 0.29) is 6.04 Å². The van der Waals surface area contributed by atoms with Crippen molar-refractivity contribution in [2.75, 3.05) is 19.8 Å². The minimum absolute atomic E-state index is 0.261. The summed E-state index contributed by atoms with van der Waals surface area (Å²) in [5, 5.41) is 0. The van der Waals surface area contributed by atoms with Crippen LogP contribution in [0, 0.1) is 0 Å². The highest BCUT2D eigenvalue weighted by atomic mass is 16.5. The van der Waals surface area contributed by atoms with Gasteiger partial charge in [0.2, 0.25) is 5.91 Å². The molecule has 0 unspecified atom stereocenters. The molecular weight excluding hydrogens is 214 g/mol. The number of hydrogen-bond donors (Lipinski definition) is 0. The van der Waals surface area contributed by atoms with E-state index in [1.165, 1.54) is 32.1 Å². The van der Waals surface area contributed by atoms with Crippen LogP contribution in [0.2, 0.25) is 0 Å². The van der Waals surface area contributed by atoms with Gasteiger partial charge in [-0.2, -0.15) is 0 Å². The van der Waals surface area contributed by atoms with Crippen molar-refractivity contribution < 1.29 is 9.53 Å². The average Bonchev–Trinajstić information content (AvgIpc) is 2.34. The lowest BCUT2D eigenvalue weighted by Crippen LogP contribution is -2.47. The van der Waals surface area contributed by atoms with E-state index >= 15 is 0 Å². The number of nitrogens with zero attached hydrogens (tertiary/aromatic N) is 1. The van der Waals surface area contributed by atoms with Gasteiger partial charge in [-0.1, -0.05) is 39.0 Å². The molecule has 1 atom stereocenters. The lowest BCUT2D eigenvalue weighted by Gasteiger charge is -2.33. The van der Waals surface area contributed by atoms with E-state index in [0.717, 1.165) is 19.4 Å². The molecule has 0 spiro atoms. The van der Waals surface area contributed by atoms with Gasteiger partial charge in [0, 0.05) is 13.0 Å². The van der Waals surface area contributed by atoms with Gasteiger partial charge in [0.25, 0.3) is 0 Å². The van der Waals surface area contributed by atoms with E-state index in [9.17, 15) is 4.79 Å². The molecule has 1 aliphatic heterocycles. The molecular formula is C14H27NO2. The molecule has 0 saturated carbocycles. The third-order valence-corrected chi connectivity index (χ3v) is 3.43. The Labute approximate surface area is 106 Å². The van der Waals surface area contributed by atoms with Crippen molar-refractivity contribution in [2.24, 2.45) is 0 Å². The Hall–Kier alpha value is -0.570. The van der Waals surface area contributed by atoms with Crippen LogP contribution in [0.15, 0.2) is 0 Å². The zero-order chi connectivity index (χ0) is 12.5. The van der Waals surface area contributed by atoms with Crippen LogP contribution >= 0.6 is 0 Å². The first kappa shape index (κ1) is 14.5. The Kier molecular flexibility index (Phi) is 7.25. The molecule has 1 aliphatic rings. The maximum Gasteiger partial charge on any atom is 0.222 e. The molecule has 1 saturated heterocycles. The van der Waals surface area contributed by atoms with Crippen LogP contribution in [0.1, 0.15) is 58.8 Å². The van der Waals surface area contributed by atoms with Crippen molar-refractivity contribution in [2.45, 2.75) is 64.8 Å². The fraction of sp³-hybridized carbons (Fsp3) is 0.929. The van der Waals surface area contributed by atoms with Gasteiger partial charge in [0.1, 0.15) is 0 Å². The first-order chi connectivity index (χ1) is 8.25. The summed E-state index contributed by atoms with van der Waals surface area (Å²) in [6, 6.07) is 0.261. The third-order valence-electron chi connectivity index (χ3n) is 3.43. The van der Waals surface area contributed by atoms with Crippen LogP contribution in [0.25, 0.3) is 0 Å². The molecule has 0 aromatic rings. The van der Waals surface area contributed by atoms with E-state index in [4.69, 9.17) is 4.74 Å². The Morgan fingerprint density at radius 1 is 1.24 bits per heavy atom. The largest absolute Gasteiger partial charge is 0.377 e. The standard InChI is InChI=1S/C14H27NO2/c1-3-4-5-6-7-8-9-14(16)15-10-11-17-12-13(15)2/h13H,3-12H2,1-2H3/t13-/m0/s1. The minimum atomic E-state index is 0.261. The summed E-state index contributed by atoms with van der Waals surface area (Å²) < 4.78 is 5.34. The number of carbonyl (C=O) groups excluding carboxylic acids is 1. The van der Waals surface area contributed by atoms with Gasteiger partial charge in [-0.05, 0) is 13.3 Å². The zero-order valence-corrected chi connectivity index (χ0v) is 11.4. The monoisotopic (exact) mass is 241 g/mol. The predicted octanol–water partition coefficient (Wildman–Crippen LogP) is 2.98. The average molecular weight is 241 g/mol. The van der Waals surface area contributed by atoms with E-state index in [1.54, 1.807) is 0 Å². The second-order valence-electron chi connectivity index (χ2n) is 5.03. The minimum Gasteiger partial charge on any atom is -0.377 e. The maximum atomic E-state index is 12.0. The van der Waals surface area contributed by atoms with E-state index in [0.29, 0.717) is 19.1 Å². The Morgan fingerprint density at radius 3 is 2.65 bits per heavy atom. The summed E-state index contributed by atoms with van der Waals surface area (Å²) >= 11 is 0. The Bertz CT molecular complexity index is 218. The molecule has 3 heteroatoms. The normalized spacial score (nSPS) is 20.6. The SMILES string of the molecule is CCCCCCCCC(=O)N1CCOC[C@@H]1C. The Morgan fingerprint density at radius 2 is 1.94 bits per heavy atom. The topological polar surface area (TPSA) is 29.5 Å². The first-order valence-electron chi connectivity index (χ1n) is 7.13. The van der Waals surface area contributed by atoms with Crippen molar-refractivity contribution >= 4 is 5.91 Å². The highest BCUT2D eigenvalue weighted by Gasteiger charge is 2.22. The van der Waals surface area contributed by atoms with Gasteiger partial charge in [-0.3, -0.25) is 4.79 Å². The molecule has 1 heterocycles. The molecule has 17 heavy (non-hydrogen) atoms. The molecule has 1 fully saturated rings. The molecule has 0 N–H and O–H groups in total. The van der Waals surface area contributed by atoms with Crippen molar-refractivity contribution in [3.8, 4) is 0 Å². The predicted molar refractivity (Wildman–Crippen MR) is 70.0 cm³/mol. The number of amides is 1. The van der Waals surface area contributed by atoms with Crippen molar-refractivity contribution in [3.05, 3.63) is 0 Å². The quantitative estimate of drug-likeness (QED) is 0.641. The highest BCUT2D eigenvalue weighted by molar-refractivity contribution is 5.76. The molecule has 0 aliphatic carbocycles. The fourth-order valence-electron chi connectivity index (χ4n) is 2.30. The van der Waals surface area contributed by atoms with Gasteiger partial charge >= 0.3 is 0 Å². The zero-order valence-electron chi connectivity index (χ0n) is 11.4. The summed E-state index contributed by atoms with van der Waals surface area (Å²) in [7, 11) is 0. The molecule has 0 bridgehead atoms. The molecule has 1 rings (SSSR count). The summed E-state index contributed by atoms with van der Waals surface area (Å²) in [5.74, 6) is 0.316. The van der Waals surface area contributed by atoms with Crippen molar-refractivity contribution in [3.63, 3.8) is 0 Å².